The molecule has 0 aromatic heterocycles. The van der Waals surface area contributed by atoms with Crippen molar-refractivity contribution in [2.24, 2.45) is 10.7 Å². The second-order valence-corrected chi connectivity index (χ2v) is 6.07. The van der Waals surface area contributed by atoms with E-state index < -0.39 is 11.1 Å². The molecule has 0 aliphatic carbocycles. The van der Waals surface area contributed by atoms with Gasteiger partial charge in [0.05, 0.1) is 0 Å². The number of nitrogens with zero attached hydrogens (tertiary/aromatic N) is 2. The molecule has 2 N–H and O–H groups in total. The van der Waals surface area contributed by atoms with Crippen molar-refractivity contribution >= 4 is 11.9 Å². The van der Waals surface area contributed by atoms with Crippen LogP contribution in [0.4, 0.5) is 4.79 Å². The number of fused-ring (bicyclic) bond motifs is 2. The minimum absolute atomic E-state index is 0.320. The Hall–Kier alpha value is -2.30. The molecule has 2 aliphatic heterocycles. The monoisotopic (exact) mass is 285 g/mol. The molecule has 5 heteroatoms. The van der Waals surface area contributed by atoms with Gasteiger partial charge in [0.1, 0.15) is 22.7 Å². The predicted octanol–water partition coefficient (Wildman–Crippen LogP) is 2.42. The number of amides is 2. The number of nitrogens with two attached hydrogens (primary N) is 1. The third-order valence-electron chi connectivity index (χ3n) is 4.04. The van der Waals surface area contributed by atoms with E-state index in [1.54, 1.807) is 11.0 Å². The van der Waals surface area contributed by atoms with Crippen molar-refractivity contribution in [3.05, 3.63) is 42.5 Å². The third-order valence-corrected chi connectivity index (χ3v) is 4.04. The Balaban J connectivity index is 2.25. The number of amidine groups is 1. The summed E-state index contributed by atoms with van der Waals surface area (Å²) < 4.78 is 6.04. The molecule has 0 saturated carbocycles. The normalized spacial score (nSPS) is 26.3. The van der Waals surface area contributed by atoms with Gasteiger partial charge in [0.15, 0.2) is 0 Å². The van der Waals surface area contributed by atoms with Crippen LogP contribution < -0.4 is 10.5 Å². The van der Waals surface area contributed by atoms with Crippen LogP contribution in [-0.2, 0) is 5.54 Å². The van der Waals surface area contributed by atoms with Crippen molar-refractivity contribution in [2.45, 2.75) is 31.4 Å². The second kappa shape index (κ2) is 4.35. The molecule has 2 amide bonds. The van der Waals surface area contributed by atoms with Crippen LogP contribution in [0.15, 0.2) is 41.9 Å². The lowest BCUT2D eigenvalue weighted by molar-refractivity contribution is 0.0262. The molecule has 110 valence electrons. The van der Waals surface area contributed by atoms with E-state index in [1.165, 1.54) is 0 Å². The SMILES string of the molecule is C=CCN1C(=O)N=C(N)C12CC(C)(C)Oc1ccccc12. The third kappa shape index (κ3) is 1.84. The molecule has 5 nitrogen and oxygen atoms in total. The van der Waals surface area contributed by atoms with Crippen LogP contribution in [0.5, 0.6) is 5.75 Å². The first-order valence-electron chi connectivity index (χ1n) is 6.96. The predicted molar refractivity (Wildman–Crippen MR) is 81.4 cm³/mol. The minimum atomic E-state index is -0.746. The number of hydrogen-bond acceptors (Lipinski definition) is 3. The van der Waals surface area contributed by atoms with Crippen LogP contribution >= 0.6 is 0 Å². The molecule has 1 aromatic rings. The molecule has 1 spiro atoms. The lowest BCUT2D eigenvalue weighted by Crippen LogP contribution is -2.58. The number of rotatable bonds is 2. The minimum Gasteiger partial charge on any atom is -0.487 e. The molecule has 2 aliphatic rings. The van der Waals surface area contributed by atoms with Crippen LogP contribution in [0.2, 0.25) is 0 Å². The Morgan fingerprint density at radius 2 is 2.19 bits per heavy atom. The van der Waals surface area contributed by atoms with Gasteiger partial charge >= 0.3 is 6.03 Å². The highest BCUT2D eigenvalue weighted by Crippen LogP contribution is 2.49. The average molecular weight is 285 g/mol. The fourth-order valence-electron chi connectivity index (χ4n) is 3.33. The zero-order valence-corrected chi connectivity index (χ0v) is 12.3. The number of para-hydroxylation sites is 1. The summed E-state index contributed by atoms with van der Waals surface area (Å²) in [6.07, 6.45) is 2.25. The summed E-state index contributed by atoms with van der Waals surface area (Å²) in [5.74, 6) is 1.08. The summed E-state index contributed by atoms with van der Waals surface area (Å²) in [5.41, 5.74) is 5.88. The summed E-state index contributed by atoms with van der Waals surface area (Å²) in [6, 6.07) is 7.36. The van der Waals surface area contributed by atoms with Crippen LogP contribution in [-0.4, -0.2) is 28.9 Å². The van der Waals surface area contributed by atoms with E-state index in [2.05, 4.69) is 11.6 Å². The number of carbonyl (C=O) groups excluding carboxylic acids is 1. The van der Waals surface area contributed by atoms with Gasteiger partial charge in [-0.05, 0) is 19.9 Å². The average Bonchev–Trinajstić information content (AvgIpc) is 2.63. The topological polar surface area (TPSA) is 67.9 Å². The molecule has 21 heavy (non-hydrogen) atoms. The highest BCUT2D eigenvalue weighted by Gasteiger charge is 2.56. The molecular weight excluding hydrogens is 266 g/mol. The van der Waals surface area contributed by atoms with Crippen LogP contribution in [0.3, 0.4) is 0 Å². The maximum atomic E-state index is 12.2. The molecule has 0 bridgehead atoms. The molecule has 0 fully saturated rings. The number of hydrogen-bond donors (Lipinski definition) is 1. The number of aliphatic imine (C=N–C) groups is 1. The fraction of sp³-hybridized carbons (Fsp3) is 0.375. The summed E-state index contributed by atoms with van der Waals surface area (Å²) in [7, 11) is 0. The van der Waals surface area contributed by atoms with E-state index in [9.17, 15) is 4.79 Å². The van der Waals surface area contributed by atoms with E-state index in [0.29, 0.717) is 18.8 Å². The number of urea groups is 1. The Bertz CT molecular complexity index is 651. The van der Waals surface area contributed by atoms with Gasteiger partial charge in [0.2, 0.25) is 0 Å². The van der Waals surface area contributed by atoms with E-state index in [0.717, 1.165) is 11.3 Å². The Morgan fingerprint density at radius 3 is 2.90 bits per heavy atom. The molecule has 1 aromatic carbocycles. The van der Waals surface area contributed by atoms with Gasteiger partial charge < -0.3 is 15.4 Å². The molecule has 0 saturated heterocycles. The number of ether oxygens (including phenoxy) is 1. The van der Waals surface area contributed by atoms with Crippen LogP contribution in [0.25, 0.3) is 0 Å². The molecule has 2 heterocycles. The van der Waals surface area contributed by atoms with E-state index in [1.807, 2.05) is 38.1 Å². The summed E-state index contributed by atoms with van der Waals surface area (Å²) in [5, 5.41) is 0. The maximum absolute atomic E-state index is 12.2. The zero-order valence-electron chi connectivity index (χ0n) is 12.3. The van der Waals surface area contributed by atoms with Gasteiger partial charge in [-0.1, -0.05) is 24.3 Å². The quantitative estimate of drug-likeness (QED) is 0.848. The maximum Gasteiger partial charge on any atom is 0.346 e. The molecule has 1 atom stereocenters. The largest absolute Gasteiger partial charge is 0.487 e. The van der Waals surface area contributed by atoms with Gasteiger partial charge in [-0.3, -0.25) is 0 Å². The lowest BCUT2D eigenvalue weighted by atomic mass is 9.76. The highest BCUT2D eigenvalue weighted by atomic mass is 16.5. The van der Waals surface area contributed by atoms with Crippen molar-refractivity contribution in [3.63, 3.8) is 0 Å². The lowest BCUT2D eigenvalue weighted by Gasteiger charge is -2.47. The zero-order chi connectivity index (χ0) is 15.3. The van der Waals surface area contributed by atoms with E-state index in [-0.39, 0.29) is 6.03 Å². The Kier molecular flexibility index (Phi) is 2.83. The van der Waals surface area contributed by atoms with Gasteiger partial charge in [0, 0.05) is 18.5 Å². The van der Waals surface area contributed by atoms with Crippen molar-refractivity contribution in [1.82, 2.24) is 4.90 Å². The van der Waals surface area contributed by atoms with E-state index >= 15 is 0 Å². The highest BCUT2D eigenvalue weighted by molar-refractivity contribution is 6.07. The summed E-state index contributed by atoms with van der Waals surface area (Å²) in [6.45, 7) is 8.12. The second-order valence-electron chi connectivity index (χ2n) is 6.07. The van der Waals surface area contributed by atoms with Crippen LogP contribution in [0, 0.1) is 0 Å². The van der Waals surface area contributed by atoms with Crippen molar-refractivity contribution in [2.75, 3.05) is 6.54 Å². The summed E-state index contributed by atoms with van der Waals surface area (Å²) >= 11 is 0. The fourth-order valence-corrected chi connectivity index (χ4v) is 3.33. The number of carbonyl (C=O) groups is 1. The van der Waals surface area contributed by atoms with E-state index in [4.69, 9.17) is 10.5 Å². The van der Waals surface area contributed by atoms with Gasteiger partial charge in [-0.2, -0.15) is 4.99 Å². The Labute approximate surface area is 124 Å². The van der Waals surface area contributed by atoms with Gasteiger partial charge in [-0.25, -0.2) is 4.79 Å². The van der Waals surface area contributed by atoms with Crippen molar-refractivity contribution in [1.29, 1.82) is 0 Å². The first-order valence-corrected chi connectivity index (χ1v) is 6.96. The first kappa shape index (κ1) is 13.7. The smallest absolute Gasteiger partial charge is 0.346 e. The van der Waals surface area contributed by atoms with Crippen LogP contribution in [0.1, 0.15) is 25.8 Å². The molecule has 1 unspecified atom stereocenters. The standard InChI is InChI=1S/C16H19N3O2/c1-4-9-19-14(20)18-13(17)16(19)10-15(2,3)21-12-8-6-5-7-11(12)16/h4-8H,1,9-10H2,2-3H3,(H2,17,18,20). The van der Waals surface area contributed by atoms with Crippen molar-refractivity contribution < 1.29 is 9.53 Å². The number of benzene rings is 1. The van der Waals surface area contributed by atoms with Gasteiger partial charge in [0.25, 0.3) is 0 Å². The Morgan fingerprint density at radius 1 is 1.48 bits per heavy atom. The molecular formula is C16H19N3O2. The molecule has 0 radical (unpaired) electrons. The van der Waals surface area contributed by atoms with Gasteiger partial charge in [-0.15, -0.1) is 6.58 Å². The van der Waals surface area contributed by atoms with Crippen molar-refractivity contribution in [3.8, 4) is 5.75 Å². The molecule has 3 rings (SSSR count). The summed E-state index contributed by atoms with van der Waals surface area (Å²) in [4.78, 5) is 17.9. The first-order chi connectivity index (χ1) is 9.90.